The molecule has 1 aromatic rings. The van der Waals surface area contributed by atoms with Crippen molar-refractivity contribution < 1.29 is 9.59 Å². The van der Waals surface area contributed by atoms with Crippen LogP contribution >= 0.6 is 11.8 Å². The number of nitrogens with zero attached hydrogens (tertiary/aromatic N) is 1. The normalized spacial score (nSPS) is 22.7. The summed E-state index contributed by atoms with van der Waals surface area (Å²) in [7, 11) is 0. The molecule has 3 nitrogen and oxygen atoms in total. The lowest BCUT2D eigenvalue weighted by Crippen LogP contribution is -2.36. The van der Waals surface area contributed by atoms with Crippen LogP contribution in [0.25, 0.3) is 0 Å². The van der Waals surface area contributed by atoms with E-state index in [0.29, 0.717) is 23.6 Å². The minimum Gasteiger partial charge on any atom is -0.274 e. The molecule has 1 aromatic carbocycles. The van der Waals surface area contributed by atoms with E-state index < -0.39 is 0 Å². The molecule has 142 valence electrons. The number of amides is 2. The first kappa shape index (κ1) is 19.5. The van der Waals surface area contributed by atoms with Crippen LogP contribution in [-0.4, -0.2) is 34.8 Å². The van der Waals surface area contributed by atoms with Gasteiger partial charge in [0.05, 0.1) is 11.1 Å². The summed E-state index contributed by atoms with van der Waals surface area (Å²) >= 11 is 2.12. The van der Waals surface area contributed by atoms with Crippen molar-refractivity contribution >= 4 is 23.6 Å². The molecule has 26 heavy (non-hydrogen) atoms. The van der Waals surface area contributed by atoms with Gasteiger partial charge >= 0.3 is 0 Å². The fraction of sp³-hybridized carbons (Fsp3) is 0.636. The van der Waals surface area contributed by atoms with E-state index in [9.17, 15) is 9.59 Å². The quantitative estimate of drug-likeness (QED) is 0.429. The van der Waals surface area contributed by atoms with Crippen molar-refractivity contribution in [1.82, 2.24) is 4.90 Å². The Kier molecular flexibility index (Phi) is 7.18. The monoisotopic (exact) mass is 373 g/mol. The van der Waals surface area contributed by atoms with Gasteiger partial charge < -0.3 is 0 Å². The fourth-order valence-electron chi connectivity index (χ4n) is 4.12. The first-order valence-corrected chi connectivity index (χ1v) is 11.4. The van der Waals surface area contributed by atoms with Gasteiger partial charge in [0.25, 0.3) is 11.8 Å². The smallest absolute Gasteiger partial charge is 0.261 e. The van der Waals surface area contributed by atoms with Gasteiger partial charge in [0.15, 0.2) is 0 Å². The molecule has 2 aliphatic rings. The molecule has 2 amide bonds. The molecule has 0 bridgehead atoms. The predicted octanol–water partition coefficient (Wildman–Crippen LogP) is 5.40. The van der Waals surface area contributed by atoms with Gasteiger partial charge in [0, 0.05) is 6.54 Å². The third-order valence-electron chi connectivity index (χ3n) is 5.78. The van der Waals surface area contributed by atoms with Gasteiger partial charge in [0.2, 0.25) is 0 Å². The average Bonchev–Trinajstić information content (AvgIpc) is 2.91. The molecule has 0 unspecified atom stereocenters. The number of carbonyl (C=O) groups is 2. The molecule has 1 heterocycles. The SMILES string of the molecule is CCCCCCSCC1CCC(CN2C(=O)c3ccccc3C2=O)CC1. The van der Waals surface area contributed by atoms with Crippen molar-refractivity contribution in [3.63, 3.8) is 0 Å². The van der Waals surface area contributed by atoms with Gasteiger partial charge in [-0.3, -0.25) is 14.5 Å². The Balaban J connectivity index is 1.38. The van der Waals surface area contributed by atoms with E-state index in [-0.39, 0.29) is 11.8 Å². The number of unbranched alkanes of at least 4 members (excludes halogenated alkanes) is 3. The molecule has 0 atom stereocenters. The minimum absolute atomic E-state index is 0.102. The number of imide groups is 1. The highest BCUT2D eigenvalue weighted by Crippen LogP contribution is 2.33. The van der Waals surface area contributed by atoms with Gasteiger partial charge in [-0.25, -0.2) is 0 Å². The number of rotatable bonds is 9. The van der Waals surface area contributed by atoms with E-state index in [1.165, 1.54) is 54.9 Å². The minimum atomic E-state index is -0.102. The van der Waals surface area contributed by atoms with Crippen molar-refractivity contribution in [2.75, 3.05) is 18.1 Å². The second-order valence-corrected chi connectivity index (χ2v) is 8.94. The van der Waals surface area contributed by atoms with Crippen LogP contribution in [0.5, 0.6) is 0 Å². The Labute approximate surface area is 161 Å². The zero-order chi connectivity index (χ0) is 18.4. The second kappa shape index (κ2) is 9.59. The molecule has 0 N–H and O–H groups in total. The van der Waals surface area contributed by atoms with Crippen LogP contribution in [0.15, 0.2) is 24.3 Å². The lowest BCUT2D eigenvalue weighted by molar-refractivity contribution is 0.0612. The van der Waals surface area contributed by atoms with Gasteiger partial charge in [-0.2, -0.15) is 11.8 Å². The molecule has 0 spiro atoms. The van der Waals surface area contributed by atoms with Gasteiger partial charge in [0.1, 0.15) is 0 Å². The van der Waals surface area contributed by atoms with Crippen molar-refractivity contribution in [1.29, 1.82) is 0 Å². The maximum absolute atomic E-state index is 12.5. The van der Waals surface area contributed by atoms with E-state index in [1.54, 1.807) is 12.1 Å². The van der Waals surface area contributed by atoms with Crippen molar-refractivity contribution in [2.24, 2.45) is 11.8 Å². The molecule has 1 aliphatic heterocycles. The second-order valence-electron chi connectivity index (χ2n) is 7.79. The summed E-state index contributed by atoms with van der Waals surface area (Å²) in [5.41, 5.74) is 1.15. The summed E-state index contributed by atoms with van der Waals surface area (Å²) < 4.78 is 0. The lowest BCUT2D eigenvalue weighted by atomic mass is 9.82. The van der Waals surface area contributed by atoms with Gasteiger partial charge in [-0.1, -0.05) is 38.3 Å². The Morgan fingerprint density at radius 2 is 1.54 bits per heavy atom. The zero-order valence-corrected chi connectivity index (χ0v) is 16.7. The third kappa shape index (κ3) is 4.70. The first-order chi connectivity index (χ1) is 12.7. The summed E-state index contributed by atoms with van der Waals surface area (Å²) in [5, 5.41) is 0. The van der Waals surface area contributed by atoms with Crippen LogP contribution in [0.2, 0.25) is 0 Å². The summed E-state index contributed by atoms with van der Waals surface area (Å²) in [6.45, 7) is 2.86. The third-order valence-corrected chi connectivity index (χ3v) is 7.07. The highest BCUT2D eigenvalue weighted by molar-refractivity contribution is 7.99. The average molecular weight is 374 g/mol. The van der Waals surface area contributed by atoms with Gasteiger partial charge in [-0.15, -0.1) is 0 Å². The largest absolute Gasteiger partial charge is 0.274 e. The Morgan fingerprint density at radius 1 is 0.923 bits per heavy atom. The standard InChI is InChI=1S/C22H31NO2S/c1-2-3-4-7-14-26-16-18-12-10-17(11-13-18)15-23-21(24)19-8-5-6-9-20(19)22(23)25/h5-6,8-9,17-18H,2-4,7,10-16H2,1H3. The van der Waals surface area contributed by atoms with E-state index >= 15 is 0 Å². The summed E-state index contributed by atoms with van der Waals surface area (Å²) in [4.78, 5) is 26.5. The van der Waals surface area contributed by atoms with Crippen molar-refractivity contribution in [2.45, 2.75) is 58.3 Å². The highest BCUT2D eigenvalue weighted by atomic mass is 32.2. The number of fused-ring (bicyclic) bond motifs is 1. The molecule has 0 radical (unpaired) electrons. The molecule has 4 heteroatoms. The molecule has 1 fully saturated rings. The summed E-state index contributed by atoms with van der Waals surface area (Å²) in [6.07, 6.45) is 10.2. The van der Waals surface area contributed by atoms with Crippen LogP contribution in [0.3, 0.4) is 0 Å². The zero-order valence-electron chi connectivity index (χ0n) is 15.9. The number of thioether (sulfide) groups is 1. The van der Waals surface area contributed by atoms with Gasteiger partial charge in [-0.05, 0) is 67.6 Å². The summed E-state index contributed by atoms with van der Waals surface area (Å²) in [6, 6.07) is 7.20. The Hall–Kier alpha value is -1.29. The maximum atomic E-state index is 12.5. The Morgan fingerprint density at radius 3 is 2.15 bits per heavy atom. The van der Waals surface area contributed by atoms with Crippen LogP contribution in [0.1, 0.15) is 79.0 Å². The molecule has 1 saturated carbocycles. The fourth-order valence-corrected chi connectivity index (χ4v) is 5.37. The number of hydrogen-bond acceptors (Lipinski definition) is 3. The topological polar surface area (TPSA) is 37.4 Å². The van der Waals surface area contributed by atoms with Crippen LogP contribution in [0.4, 0.5) is 0 Å². The molecule has 3 rings (SSSR count). The number of hydrogen-bond donors (Lipinski definition) is 0. The number of carbonyl (C=O) groups excluding carboxylic acids is 2. The van der Waals surface area contributed by atoms with Crippen molar-refractivity contribution in [3.05, 3.63) is 35.4 Å². The molecule has 0 saturated heterocycles. The number of benzene rings is 1. The van der Waals surface area contributed by atoms with Crippen LogP contribution in [0, 0.1) is 11.8 Å². The highest BCUT2D eigenvalue weighted by Gasteiger charge is 2.36. The molecular formula is C22H31NO2S. The molecule has 1 aliphatic carbocycles. The lowest BCUT2D eigenvalue weighted by Gasteiger charge is -2.30. The van der Waals surface area contributed by atoms with E-state index in [0.717, 1.165) is 18.8 Å². The van der Waals surface area contributed by atoms with E-state index in [2.05, 4.69) is 18.7 Å². The molecule has 0 aromatic heterocycles. The van der Waals surface area contributed by atoms with Crippen LogP contribution < -0.4 is 0 Å². The molecular weight excluding hydrogens is 342 g/mol. The Bertz CT molecular complexity index is 587. The van der Waals surface area contributed by atoms with Crippen molar-refractivity contribution in [3.8, 4) is 0 Å². The van der Waals surface area contributed by atoms with Crippen LogP contribution in [-0.2, 0) is 0 Å². The van der Waals surface area contributed by atoms with E-state index in [1.807, 2.05) is 12.1 Å². The van der Waals surface area contributed by atoms with E-state index in [4.69, 9.17) is 0 Å². The summed E-state index contributed by atoms with van der Waals surface area (Å²) in [5.74, 6) is 3.68. The predicted molar refractivity (Wildman–Crippen MR) is 109 cm³/mol. The first-order valence-electron chi connectivity index (χ1n) is 10.2. The maximum Gasteiger partial charge on any atom is 0.261 e.